The SMILES string of the molecule is COc1cccc(C(=O)N2CC(C)(N)C2)c1OC. The standard InChI is InChI=1S/C13H18N2O3/c1-13(14)7-15(8-13)12(16)9-5-4-6-10(17-2)11(9)18-3/h4-6H,7-8,14H2,1-3H3. The molecule has 1 aliphatic rings. The molecule has 1 heterocycles. The van der Waals surface area contributed by atoms with Crippen molar-refractivity contribution >= 4 is 5.91 Å². The van der Waals surface area contributed by atoms with E-state index in [0.717, 1.165) is 0 Å². The number of para-hydroxylation sites is 1. The predicted molar refractivity (Wildman–Crippen MR) is 68.0 cm³/mol. The molecule has 0 spiro atoms. The average Bonchev–Trinajstić information content (AvgIpc) is 2.33. The first-order chi connectivity index (χ1) is 8.48. The second-order valence-electron chi connectivity index (χ2n) is 4.86. The Balaban J connectivity index is 2.26. The topological polar surface area (TPSA) is 64.8 Å². The maximum absolute atomic E-state index is 12.3. The summed E-state index contributed by atoms with van der Waals surface area (Å²) in [6.45, 7) is 3.05. The Hall–Kier alpha value is -1.75. The Morgan fingerprint density at radius 2 is 2.00 bits per heavy atom. The minimum atomic E-state index is -0.276. The summed E-state index contributed by atoms with van der Waals surface area (Å²) in [5.41, 5.74) is 6.14. The summed E-state index contributed by atoms with van der Waals surface area (Å²) < 4.78 is 10.4. The lowest BCUT2D eigenvalue weighted by Gasteiger charge is -2.45. The highest BCUT2D eigenvalue weighted by Crippen LogP contribution is 2.32. The molecule has 1 aromatic carbocycles. The number of carbonyl (C=O) groups is 1. The zero-order valence-corrected chi connectivity index (χ0v) is 10.9. The number of rotatable bonds is 3. The van der Waals surface area contributed by atoms with Gasteiger partial charge >= 0.3 is 0 Å². The smallest absolute Gasteiger partial charge is 0.257 e. The first kappa shape index (κ1) is 12.7. The van der Waals surface area contributed by atoms with E-state index in [2.05, 4.69) is 0 Å². The minimum absolute atomic E-state index is 0.0753. The van der Waals surface area contributed by atoms with Gasteiger partial charge in [-0.1, -0.05) is 6.07 Å². The summed E-state index contributed by atoms with van der Waals surface area (Å²) in [5, 5.41) is 0. The zero-order valence-electron chi connectivity index (χ0n) is 10.9. The van der Waals surface area contributed by atoms with Crippen LogP contribution in [0.4, 0.5) is 0 Å². The predicted octanol–water partition coefficient (Wildman–Crippen LogP) is 0.877. The Labute approximate surface area is 106 Å². The molecule has 1 aromatic rings. The van der Waals surface area contributed by atoms with Crippen molar-refractivity contribution in [3.05, 3.63) is 23.8 Å². The van der Waals surface area contributed by atoms with Crippen LogP contribution in [0.1, 0.15) is 17.3 Å². The first-order valence-corrected chi connectivity index (χ1v) is 5.77. The van der Waals surface area contributed by atoms with E-state index in [9.17, 15) is 4.79 Å². The molecule has 2 N–H and O–H groups in total. The Kier molecular flexibility index (Phi) is 3.17. The summed E-state index contributed by atoms with van der Waals surface area (Å²) in [6, 6.07) is 5.27. The van der Waals surface area contributed by atoms with Crippen molar-refractivity contribution < 1.29 is 14.3 Å². The van der Waals surface area contributed by atoms with Gasteiger partial charge in [0.1, 0.15) is 0 Å². The van der Waals surface area contributed by atoms with Gasteiger partial charge in [-0.05, 0) is 19.1 Å². The molecule has 0 atom stereocenters. The van der Waals surface area contributed by atoms with Gasteiger partial charge in [0.25, 0.3) is 5.91 Å². The van der Waals surface area contributed by atoms with Gasteiger partial charge in [-0.2, -0.15) is 0 Å². The molecule has 0 unspecified atom stereocenters. The summed E-state index contributed by atoms with van der Waals surface area (Å²) in [6.07, 6.45) is 0. The second-order valence-corrected chi connectivity index (χ2v) is 4.86. The van der Waals surface area contributed by atoms with Crippen molar-refractivity contribution in [3.63, 3.8) is 0 Å². The summed E-state index contributed by atoms with van der Waals surface area (Å²) >= 11 is 0. The van der Waals surface area contributed by atoms with Crippen LogP contribution in [0.3, 0.4) is 0 Å². The average molecular weight is 250 g/mol. The van der Waals surface area contributed by atoms with Gasteiger partial charge in [-0.15, -0.1) is 0 Å². The third kappa shape index (κ3) is 2.13. The van der Waals surface area contributed by atoms with Crippen LogP contribution in [-0.4, -0.2) is 43.7 Å². The van der Waals surface area contributed by atoms with Gasteiger partial charge in [0.05, 0.1) is 19.8 Å². The molecule has 1 fully saturated rings. The van der Waals surface area contributed by atoms with Crippen molar-refractivity contribution in [3.8, 4) is 11.5 Å². The molecule has 0 radical (unpaired) electrons. The van der Waals surface area contributed by atoms with Crippen LogP contribution in [-0.2, 0) is 0 Å². The van der Waals surface area contributed by atoms with E-state index in [-0.39, 0.29) is 11.4 Å². The van der Waals surface area contributed by atoms with Crippen molar-refractivity contribution in [2.45, 2.75) is 12.5 Å². The maximum atomic E-state index is 12.3. The van der Waals surface area contributed by atoms with E-state index in [0.29, 0.717) is 30.2 Å². The molecule has 1 saturated heterocycles. The van der Waals surface area contributed by atoms with E-state index >= 15 is 0 Å². The quantitative estimate of drug-likeness (QED) is 0.864. The normalized spacial score (nSPS) is 17.0. The fourth-order valence-electron chi connectivity index (χ4n) is 2.20. The van der Waals surface area contributed by atoms with Gasteiger partial charge in [-0.3, -0.25) is 4.79 Å². The largest absolute Gasteiger partial charge is 0.493 e. The summed E-state index contributed by atoms with van der Waals surface area (Å²) in [5.74, 6) is 0.948. The van der Waals surface area contributed by atoms with Gasteiger partial charge < -0.3 is 20.1 Å². The molecule has 0 saturated carbocycles. The monoisotopic (exact) mass is 250 g/mol. The third-order valence-corrected chi connectivity index (χ3v) is 3.02. The van der Waals surface area contributed by atoms with E-state index in [1.54, 1.807) is 30.2 Å². The van der Waals surface area contributed by atoms with Crippen molar-refractivity contribution in [1.82, 2.24) is 4.90 Å². The van der Waals surface area contributed by atoms with E-state index in [4.69, 9.17) is 15.2 Å². The Morgan fingerprint density at radius 1 is 1.33 bits per heavy atom. The number of nitrogens with two attached hydrogens (primary N) is 1. The molecule has 2 rings (SSSR count). The molecule has 98 valence electrons. The van der Waals surface area contributed by atoms with Crippen molar-refractivity contribution in [2.75, 3.05) is 27.3 Å². The van der Waals surface area contributed by atoms with Gasteiger partial charge in [0.2, 0.25) is 0 Å². The molecule has 0 bridgehead atoms. The van der Waals surface area contributed by atoms with Gasteiger partial charge in [0.15, 0.2) is 11.5 Å². The number of methoxy groups -OCH3 is 2. The highest BCUT2D eigenvalue weighted by Gasteiger charge is 2.39. The van der Waals surface area contributed by atoms with Crippen LogP contribution in [0.25, 0.3) is 0 Å². The van der Waals surface area contributed by atoms with Crippen LogP contribution in [0.5, 0.6) is 11.5 Å². The van der Waals surface area contributed by atoms with Gasteiger partial charge in [-0.25, -0.2) is 0 Å². The minimum Gasteiger partial charge on any atom is -0.493 e. The zero-order chi connectivity index (χ0) is 13.3. The molecule has 5 heteroatoms. The van der Waals surface area contributed by atoms with Crippen molar-refractivity contribution in [1.29, 1.82) is 0 Å². The molecule has 1 amide bonds. The Morgan fingerprint density at radius 3 is 2.50 bits per heavy atom. The highest BCUT2D eigenvalue weighted by atomic mass is 16.5. The molecule has 0 aliphatic carbocycles. The van der Waals surface area contributed by atoms with E-state index < -0.39 is 0 Å². The number of likely N-dealkylation sites (tertiary alicyclic amines) is 1. The third-order valence-electron chi connectivity index (χ3n) is 3.02. The number of ether oxygens (including phenoxy) is 2. The van der Waals surface area contributed by atoms with E-state index in [1.165, 1.54) is 7.11 Å². The van der Waals surface area contributed by atoms with E-state index in [1.807, 2.05) is 6.92 Å². The summed E-state index contributed by atoms with van der Waals surface area (Å²) in [7, 11) is 3.07. The lowest BCUT2D eigenvalue weighted by molar-refractivity contribution is 0.0450. The fraction of sp³-hybridized carbons (Fsp3) is 0.462. The Bertz CT molecular complexity index is 463. The van der Waals surface area contributed by atoms with Crippen LogP contribution in [0.15, 0.2) is 18.2 Å². The number of benzene rings is 1. The lowest BCUT2D eigenvalue weighted by atomic mass is 9.93. The number of amides is 1. The van der Waals surface area contributed by atoms with Crippen LogP contribution < -0.4 is 15.2 Å². The molecule has 18 heavy (non-hydrogen) atoms. The molecular weight excluding hydrogens is 232 g/mol. The number of hydrogen-bond acceptors (Lipinski definition) is 4. The van der Waals surface area contributed by atoms with Crippen molar-refractivity contribution in [2.24, 2.45) is 5.73 Å². The molecular formula is C13H18N2O3. The number of nitrogens with zero attached hydrogens (tertiary/aromatic N) is 1. The fourth-order valence-corrected chi connectivity index (χ4v) is 2.20. The molecule has 5 nitrogen and oxygen atoms in total. The molecule has 1 aliphatic heterocycles. The number of hydrogen-bond donors (Lipinski definition) is 1. The van der Waals surface area contributed by atoms with Crippen LogP contribution in [0, 0.1) is 0 Å². The first-order valence-electron chi connectivity index (χ1n) is 5.77. The summed E-state index contributed by atoms with van der Waals surface area (Å²) in [4.78, 5) is 14.0. The lowest BCUT2D eigenvalue weighted by Crippen LogP contribution is -2.66. The highest BCUT2D eigenvalue weighted by molar-refractivity contribution is 5.98. The number of carbonyl (C=O) groups excluding carboxylic acids is 1. The maximum Gasteiger partial charge on any atom is 0.257 e. The second kappa shape index (κ2) is 4.49. The van der Waals surface area contributed by atoms with Crippen LogP contribution >= 0.6 is 0 Å². The van der Waals surface area contributed by atoms with Gasteiger partial charge in [0, 0.05) is 18.6 Å². The van der Waals surface area contributed by atoms with Crippen LogP contribution in [0.2, 0.25) is 0 Å². The molecule has 0 aromatic heterocycles.